The molecule has 1 aliphatic rings. The highest BCUT2D eigenvalue weighted by atomic mass is 16.6. The maximum absolute atomic E-state index is 5.68. The van der Waals surface area contributed by atoms with Crippen LogP contribution in [0.25, 0.3) is 0 Å². The van der Waals surface area contributed by atoms with E-state index < -0.39 is 0 Å². The molecule has 0 aromatic rings. The van der Waals surface area contributed by atoms with Gasteiger partial charge in [-0.1, -0.05) is 6.92 Å². The highest BCUT2D eigenvalue weighted by Gasteiger charge is 2.25. The summed E-state index contributed by atoms with van der Waals surface area (Å²) in [6.45, 7) is 5.92. The summed E-state index contributed by atoms with van der Waals surface area (Å²) in [5, 5.41) is 3.42. The molecule has 0 spiro atoms. The Bertz CT molecular complexity index is 141. The first-order valence-electron chi connectivity index (χ1n) is 5.30. The summed E-state index contributed by atoms with van der Waals surface area (Å²) < 4.78 is 16.0. The Balaban J connectivity index is 2.22. The van der Waals surface area contributed by atoms with Gasteiger partial charge in [0.25, 0.3) is 0 Å². The number of rotatable bonds is 6. The minimum Gasteiger partial charge on any atom is -0.382 e. The molecule has 1 fully saturated rings. The van der Waals surface area contributed by atoms with Crippen LogP contribution in [0, 0.1) is 0 Å². The van der Waals surface area contributed by atoms with Crippen LogP contribution >= 0.6 is 0 Å². The fraction of sp³-hybridized carbons (Fsp3) is 1.00. The van der Waals surface area contributed by atoms with Crippen LogP contribution in [0.4, 0.5) is 0 Å². The molecule has 1 aliphatic heterocycles. The average molecular weight is 203 g/mol. The summed E-state index contributed by atoms with van der Waals surface area (Å²) in [4.78, 5) is 0. The Morgan fingerprint density at radius 3 is 3.00 bits per heavy atom. The number of methoxy groups -OCH3 is 1. The van der Waals surface area contributed by atoms with Gasteiger partial charge in [0, 0.05) is 19.8 Å². The Morgan fingerprint density at radius 1 is 1.43 bits per heavy atom. The highest BCUT2D eigenvalue weighted by Crippen LogP contribution is 2.11. The van der Waals surface area contributed by atoms with Crippen molar-refractivity contribution >= 4 is 0 Å². The van der Waals surface area contributed by atoms with E-state index in [0.29, 0.717) is 25.9 Å². The van der Waals surface area contributed by atoms with E-state index in [-0.39, 0.29) is 6.10 Å². The van der Waals surface area contributed by atoms with Gasteiger partial charge in [0.15, 0.2) is 0 Å². The second kappa shape index (κ2) is 7.17. The quantitative estimate of drug-likeness (QED) is 0.635. The maximum atomic E-state index is 5.68. The summed E-state index contributed by atoms with van der Waals surface area (Å²) in [6, 6.07) is 0.436. The van der Waals surface area contributed by atoms with Crippen molar-refractivity contribution in [3.05, 3.63) is 0 Å². The second-order valence-electron chi connectivity index (χ2n) is 3.43. The van der Waals surface area contributed by atoms with Gasteiger partial charge in [0.05, 0.1) is 25.9 Å². The van der Waals surface area contributed by atoms with Crippen LogP contribution in [0.15, 0.2) is 0 Å². The molecule has 84 valence electrons. The lowest BCUT2D eigenvalue weighted by Gasteiger charge is -2.31. The van der Waals surface area contributed by atoms with Crippen LogP contribution in [-0.4, -0.2) is 52.2 Å². The van der Waals surface area contributed by atoms with Crippen molar-refractivity contribution in [1.82, 2.24) is 5.32 Å². The summed E-state index contributed by atoms with van der Waals surface area (Å²) in [7, 11) is 1.68. The zero-order valence-electron chi connectivity index (χ0n) is 9.12. The second-order valence-corrected chi connectivity index (χ2v) is 3.43. The largest absolute Gasteiger partial charge is 0.382 e. The summed E-state index contributed by atoms with van der Waals surface area (Å²) in [5.74, 6) is 0. The van der Waals surface area contributed by atoms with E-state index in [4.69, 9.17) is 14.2 Å². The lowest BCUT2D eigenvalue weighted by atomic mass is 10.1. The Morgan fingerprint density at radius 2 is 2.29 bits per heavy atom. The van der Waals surface area contributed by atoms with E-state index in [1.54, 1.807) is 7.11 Å². The maximum Gasteiger partial charge on any atom is 0.0962 e. The van der Waals surface area contributed by atoms with Crippen LogP contribution in [0.1, 0.15) is 13.3 Å². The molecule has 2 unspecified atom stereocenters. The van der Waals surface area contributed by atoms with Crippen molar-refractivity contribution in [1.29, 1.82) is 0 Å². The van der Waals surface area contributed by atoms with E-state index in [1.165, 1.54) is 0 Å². The zero-order valence-corrected chi connectivity index (χ0v) is 9.12. The smallest absolute Gasteiger partial charge is 0.0962 e. The lowest BCUT2D eigenvalue weighted by molar-refractivity contribution is -0.0779. The normalized spacial score (nSPS) is 27.9. The minimum atomic E-state index is 0.179. The van der Waals surface area contributed by atoms with E-state index in [1.807, 2.05) is 0 Å². The molecule has 1 rings (SSSR count). The molecule has 0 radical (unpaired) electrons. The summed E-state index contributed by atoms with van der Waals surface area (Å²) in [6.07, 6.45) is 1.21. The fourth-order valence-electron chi connectivity index (χ4n) is 1.65. The fourth-order valence-corrected chi connectivity index (χ4v) is 1.65. The van der Waals surface area contributed by atoms with E-state index in [9.17, 15) is 0 Å². The first-order chi connectivity index (χ1) is 6.88. The van der Waals surface area contributed by atoms with Crippen LogP contribution < -0.4 is 5.32 Å². The van der Waals surface area contributed by atoms with Gasteiger partial charge in [-0.2, -0.15) is 0 Å². The van der Waals surface area contributed by atoms with Gasteiger partial charge < -0.3 is 19.5 Å². The molecule has 0 aromatic heterocycles. The van der Waals surface area contributed by atoms with Crippen LogP contribution in [0.3, 0.4) is 0 Å². The summed E-state index contributed by atoms with van der Waals surface area (Å²) in [5.41, 5.74) is 0. The molecule has 0 bridgehead atoms. The molecule has 1 N–H and O–H groups in total. The standard InChI is InChI=1S/C10H21NO3/c1-3-11-9-4-5-13-8-10(9)14-7-6-12-2/h9-11H,3-8H2,1-2H3. The number of ether oxygens (including phenoxy) is 3. The van der Waals surface area contributed by atoms with Crippen LogP contribution in [0.5, 0.6) is 0 Å². The number of likely N-dealkylation sites (N-methyl/N-ethyl adjacent to an activating group) is 1. The van der Waals surface area contributed by atoms with Gasteiger partial charge >= 0.3 is 0 Å². The topological polar surface area (TPSA) is 39.7 Å². The Kier molecular flexibility index (Phi) is 6.10. The number of nitrogens with one attached hydrogen (secondary N) is 1. The van der Waals surface area contributed by atoms with Crippen molar-refractivity contribution in [3.8, 4) is 0 Å². The molecule has 0 amide bonds. The number of hydrogen-bond donors (Lipinski definition) is 1. The lowest BCUT2D eigenvalue weighted by Crippen LogP contribution is -2.48. The van der Waals surface area contributed by atoms with Gasteiger partial charge in [-0.3, -0.25) is 0 Å². The van der Waals surface area contributed by atoms with Gasteiger partial charge in [-0.15, -0.1) is 0 Å². The van der Waals surface area contributed by atoms with Crippen molar-refractivity contribution in [2.45, 2.75) is 25.5 Å². The molecule has 0 aliphatic carbocycles. The van der Waals surface area contributed by atoms with Gasteiger partial charge in [-0.05, 0) is 13.0 Å². The molecular formula is C10H21NO3. The van der Waals surface area contributed by atoms with Crippen LogP contribution in [-0.2, 0) is 14.2 Å². The molecule has 4 heteroatoms. The van der Waals surface area contributed by atoms with Gasteiger partial charge in [0.1, 0.15) is 0 Å². The third kappa shape index (κ3) is 3.92. The molecular weight excluding hydrogens is 182 g/mol. The highest BCUT2D eigenvalue weighted by molar-refractivity contribution is 4.79. The Hall–Kier alpha value is -0.160. The molecule has 0 aromatic carbocycles. The van der Waals surface area contributed by atoms with E-state index in [0.717, 1.165) is 19.6 Å². The average Bonchev–Trinajstić information content (AvgIpc) is 2.21. The predicted octanol–water partition coefficient (Wildman–Crippen LogP) is 0.416. The first-order valence-corrected chi connectivity index (χ1v) is 5.30. The van der Waals surface area contributed by atoms with Crippen LogP contribution in [0.2, 0.25) is 0 Å². The van der Waals surface area contributed by atoms with Crippen molar-refractivity contribution < 1.29 is 14.2 Å². The third-order valence-electron chi connectivity index (χ3n) is 2.39. The molecule has 4 nitrogen and oxygen atoms in total. The zero-order chi connectivity index (χ0) is 10.2. The predicted molar refractivity (Wildman–Crippen MR) is 54.5 cm³/mol. The Labute approximate surface area is 85.9 Å². The van der Waals surface area contributed by atoms with Crippen molar-refractivity contribution in [3.63, 3.8) is 0 Å². The first kappa shape index (κ1) is 11.9. The number of hydrogen-bond acceptors (Lipinski definition) is 4. The molecule has 14 heavy (non-hydrogen) atoms. The SMILES string of the molecule is CCNC1CCOCC1OCCOC. The minimum absolute atomic E-state index is 0.179. The van der Waals surface area contributed by atoms with E-state index in [2.05, 4.69) is 12.2 Å². The third-order valence-corrected chi connectivity index (χ3v) is 2.39. The monoisotopic (exact) mass is 203 g/mol. The molecule has 1 saturated heterocycles. The van der Waals surface area contributed by atoms with E-state index >= 15 is 0 Å². The molecule has 0 saturated carbocycles. The van der Waals surface area contributed by atoms with Gasteiger partial charge in [-0.25, -0.2) is 0 Å². The van der Waals surface area contributed by atoms with Crippen molar-refractivity contribution in [2.75, 3.05) is 40.1 Å². The van der Waals surface area contributed by atoms with Gasteiger partial charge in [0.2, 0.25) is 0 Å². The molecule has 2 atom stereocenters. The summed E-state index contributed by atoms with van der Waals surface area (Å²) >= 11 is 0. The van der Waals surface area contributed by atoms with Crippen molar-refractivity contribution in [2.24, 2.45) is 0 Å². The molecule has 1 heterocycles.